The van der Waals surface area contributed by atoms with Gasteiger partial charge in [0.25, 0.3) is 0 Å². The standard InChI is InChI=1S/C24H28BrNO5S/c1-3-5-12-24(4-2)16-26(18-9-7-6-8-10-18)20-14-19(25)21(31-13-11-23(27)28)15-22(20)32(29,30)17-24/h6-11,13-15H,3-5,12,16-17H2,1-2H3,(H,27,28). The van der Waals surface area contributed by atoms with E-state index >= 15 is 0 Å². The second-order valence-electron chi connectivity index (χ2n) is 8.15. The molecule has 32 heavy (non-hydrogen) atoms. The molecule has 0 spiro atoms. The van der Waals surface area contributed by atoms with Crippen molar-refractivity contribution in [2.24, 2.45) is 5.41 Å². The molecule has 0 saturated carbocycles. The first-order valence-corrected chi connectivity index (χ1v) is 13.1. The minimum atomic E-state index is -3.63. The second kappa shape index (κ2) is 10.1. The predicted molar refractivity (Wildman–Crippen MR) is 129 cm³/mol. The average Bonchev–Trinajstić information content (AvgIpc) is 2.85. The number of aliphatic carboxylic acids is 1. The Labute approximate surface area is 197 Å². The Morgan fingerprint density at radius 1 is 1.25 bits per heavy atom. The molecule has 2 aromatic carbocycles. The number of fused-ring (bicyclic) bond motifs is 1. The molecule has 1 unspecified atom stereocenters. The maximum Gasteiger partial charge on any atom is 0.331 e. The second-order valence-corrected chi connectivity index (χ2v) is 11.0. The number of ether oxygens (including phenoxy) is 1. The van der Waals surface area contributed by atoms with Crippen LogP contribution < -0.4 is 9.64 Å². The van der Waals surface area contributed by atoms with Crippen LogP contribution in [-0.4, -0.2) is 31.8 Å². The number of para-hydroxylation sites is 1. The molecule has 1 aliphatic rings. The third-order valence-corrected chi connectivity index (χ3v) is 8.52. The van der Waals surface area contributed by atoms with Crippen molar-refractivity contribution in [3.63, 3.8) is 0 Å². The van der Waals surface area contributed by atoms with Crippen LogP contribution in [0.2, 0.25) is 0 Å². The van der Waals surface area contributed by atoms with E-state index in [1.54, 1.807) is 6.07 Å². The molecule has 1 aliphatic heterocycles. The summed E-state index contributed by atoms with van der Waals surface area (Å²) in [6.45, 7) is 4.76. The van der Waals surface area contributed by atoms with Gasteiger partial charge in [0.05, 0.1) is 33.1 Å². The molecule has 1 atom stereocenters. The highest BCUT2D eigenvalue weighted by Gasteiger charge is 2.41. The van der Waals surface area contributed by atoms with Gasteiger partial charge >= 0.3 is 5.97 Å². The molecule has 172 valence electrons. The summed E-state index contributed by atoms with van der Waals surface area (Å²) in [4.78, 5) is 13.0. The molecule has 2 aromatic rings. The van der Waals surface area contributed by atoms with Crippen molar-refractivity contribution >= 4 is 43.1 Å². The van der Waals surface area contributed by atoms with E-state index in [9.17, 15) is 13.2 Å². The van der Waals surface area contributed by atoms with E-state index in [0.29, 0.717) is 16.7 Å². The van der Waals surface area contributed by atoms with E-state index in [1.165, 1.54) is 6.07 Å². The normalized spacial score (nSPS) is 20.0. The van der Waals surface area contributed by atoms with Gasteiger partial charge in [0, 0.05) is 23.7 Å². The predicted octanol–water partition coefficient (Wildman–Crippen LogP) is 5.94. The molecule has 6 nitrogen and oxygen atoms in total. The topological polar surface area (TPSA) is 83.9 Å². The van der Waals surface area contributed by atoms with Gasteiger partial charge in [-0.15, -0.1) is 0 Å². The van der Waals surface area contributed by atoms with Crippen molar-refractivity contribution in [3.8, 4) is 5.75 Å². The highest BCUT2D eigenvalue weighted by atomic mass is 79.9. The Balaban J connectivity index is 2.19. The van der Waals surface area contributed by atoms with E-state index in [1.807, 2.05) is 30.3 Å². The van der Waals surface area contributed by atoms with E-state index in [2.05, 4.69) is 34.7 Å². The SMILES string of the molecule is CCCCC1(CC)CN(c2ccccc2)c2cc(Br)c(OC=CC(=O)O)cc2S(=O)(=O)C1. The number of carbonyl (C=O) groups is 1. The van der Waals surface area contributed by atoms with Crippen LogP contribution in [0.4, 0.5) is 11.4 Å². The third-order valence-electron chi connectivity index (χ3n) is 5.91. The van der Waals surface area contributed by atoms with Crippen LogP contribution in [0.15, 0.2) is 64.2 Å². The van der Waals surface area contributed by atoms with Gasteiger partial charge in [0.1, 0.15) is 5.75 Å². The smallest absolute Gasteiger partial charge is 0.331 e. The number of nitrogens with zero attached hydrogens (tertiary/aromatic N) is 1. The van der Waals surface area contributed by atoms with Crippen LogP contribution in [0, 0.1) is 5.41 Å². The minimum Gasteiger partial charge on any atom is -0.478 e. The first-order valence-electron chi connectivity index (χ1n) is 10.7. The minimum absolute atomic E-state index is 0.0544. The number of hydrogen-bond donors (Lipinski definition) is 1. The van der Waals surface area contributed by atoms with Crippen LogP contribution >= 0.6 is 15.9 Å². The summed E-state index contributed by atoms with van der Waals surface area (Å²) in [6, 6.07) is 13.0. The monoisotopic (exact) mass is 521 g/mol. The Morgan fingerprint density at radius 2 is 1.97 bits per heavy atom. The Hall–Kier alpha value is -2.32. The summed E-state index contributed by atoms with van der Waals surface area (Å²) >= 11 is 3.47. The number of unbranched alkanes of at least 4 members (excludes halogenated alkanes) is 1. The number of anilines is 2. The van der Waals surface area contributed by atoms with Crippen molar-refractivity contribution in [1.29, 1.82) is 0 Å². The highest BCUT2D eigenvalue weighted by molar-refractivity contribution is 9.10. The molecule has 0 aromatic heterocycles. The summed E-state index contributed by atoms with van der Waals surface area (Å²) < 4.78 is 33.3. The van der Waals surface area contributed by atoms with Gasteiger partial charge in [-0.3, -0.25) is 0 Å². The van der Waals surface area contributed by atoms with E-state index < -0.39 is 15.8 Å². The number of carboxylic acids is 1. The zero-order valence-electron chi connectivity index (χ0n) is 18.3. The fourth-order valence-corrected chi connectivity index (χ4v) is 6.72. The van der Waals surface area contributed by atoms with Crippen molar-refractivity contribution in [2.45, 2.75) is 44.4 Å². The lowest BCUT2D eigenvalue weighted by Crippen LogP contribution is -2.37. The highest BCUT2D eigenvalue weighted by Crippen LogP contribution is 2.46. The van der Waals surface area contributed by atoms with Crippen molar-refractivity contribution in [2.75, 3.05) is 17.2 Å². The molecule has 0 fully saturated rings. The molecule has 0 saturated heterocycles. The fourth-order valence-electron chi connectivity index (χ4n) is 4.12. The number of benzene rings is 2. The van der Waals surface area contributed by atoms with Crippen LogP contribution in [-0.2, 0) is 14.6 Å². The molecule has 1 heterocycles. The summed E-state index contributed by atoms with van der Waals surface area (Å²) in [6.07, 6.45) is 5.41. The first kappa shape index (κ1) is 24.3. The van der Waals surface area contributed by atoms with E-state index in [4.69, 9.17) is 9.84 Å². The number of halogens is 1. The van der Waals surface area contributed by atoms with Gasteiger partial charge in [-0.2, -0.15) is 0 Å². The lowest BCUT2D eigenvalue weighted by atomic mass is 9.81. The molecular formula is C24H28BrNO5S. The van der Waals surface area contributed by atoms with Crippen LogP contribution in [0.25, 0.3) is 0 Å². The molecule has 3 rings (SSSR count). The Kier molecular flexibility index (Phi) is 7.67. The number of hydrogen-bond acceptors (Lipinski definition) is 5. The summed E-state index contributed by atoms with van der Waals surface area (Å²) in [5, 5.41) is 8.81. The average molecular weight is 522 g/mol. The van der Waals surface area contributed by atoms with E-state index in [-0.39, 0.29) is 21.8 Å². The maximum absolute atomic E-state index is 13.6. The quantitative estimate of drug-likeness (QED) is 0.341. The molecule has 0 amide bonds. The van der Waals surface area contributed by atoms with Crippen molar-refractivity contribution in [3.05, 3.63) is 59.3 Å². The summed E-state index contributed by atoms with van der Waals surface area (Å²) in [5.74, 6) is -0.850. The number of carboxylic acid groups (broad SMARTS) is 1. The molecule has 8 heteroatoms. The number of rotatable bonds is 8. The maximum atomic E-state index is 13.6. The molecule has 0 radical (unpaired) electrons. The van der Waals surface area contributed by atoms with E-state index in [0.717, 1.165) is 43.7 Å². The Bertz CT molecular complexity index is 1100. The van der Waals surface area contributed by atoms with Gasteiger partial charge < -0.3 is 14.7 Å². The third kappa shape index (κ3) is 5.35. The molecule has 1 N–H and O–H groups in total. The van der Waals surface area contributed by atoms with Crippen LogP contribution in [0.1, 0.15) is 39.5 Å². The zero-order chi connectivity index (χ0) is 23.4. The largest absolute Gasteiger partial charge is 0.478 e. The fraction of sp³-hybridized carbons (Fsp3) is 0.375. The Morgan fingerprint density at radius 3 is 2.59 bits per heavy atom. The van der Waals surface area contributed by atoms with Gasteiger partial charge in [-0.25, -0.2) is 13.2 Å². The van der Waals surface area contributed by atoms with Gasteiger partial charge in [0.2, 0.25) is 0 Å². The van der Waals surface area contributed by atoms with Gasteiger partial charge in [0.15, 0.2) is 9.84 Å². The molecular weight excluding hydrogens is 494 g/mol. The number of sulfone groups is 1. The van der Waals surface area contributed by atoms with Crippen LogP contribution in [0.3, 0.4) is 0 Å². The van der Waals surface area contributed by atoms with Crippen LogP contribution in [0.5, 0.6) is 5.75 Å². The zero-order valence-corrected chi connectivity index (χ0v) is 20.7. The first-order chi connectivity index (χ1) is 15.2. The lowest BCUT2D eigenvalue weighted by molar-refractivity contribution is -0.131. The summed E-state index contributed by atoms with van der Waals surface area (Å²) in [7, 11) is -3.63. The summed E-state index contributed by atoms with van der Waals surface area (Å²) in [5.41, 5.74) is 1.12. The molecule has 0 aliphatic carbocycles. The van der Waals surface area contributed by atoms with Gasteiger partial charge in [-0.05, 0) is 47.0 Å². The van der Waals surface area contributed by atoms with Gasteiger partial charge in [-0.1, -0.05) is 44.9 Å². The van der Waals surface area contributed by atoms with Crippen molar-refractivity contribution in [1.82, 2.24) is 0 Å². The van der Waals surface area contributed by atoms with Crippen molar-refractivity contribution < 1.29 is 23.1 Å². The lowest BCUT2D eigenvalue weighted by Gasteiger charge is -2.36. The molecule has 0 bridgehead atoms.